The van der Waals surface area contributed by atoms with Crippen molar-refractivity contribution < 1.29 is 4.79 Å². The summed E-state index contributed by atoms with van der Waals surface area (Å²) >= 11 is 0. The average Bonchev–Trinajstić information content (AvgIpc) is 2.28. The molecule has 0 radical (unpaired) electrons. The smallest absolute Gasteiger partial charge is 0.251 e. The fraction of sp³-hybridized carbons (Fsp3) is 0.500. The second kappa shape index (κ2) is 3.47. The van der Waals surface area contributed by atoms with E-state index in [0.29, 0.717) is 12.5 Å². The van der Waals surface area contributed by atoms with E-state index < -0.39 is 0 Å². The number of piperidine rings is 1. The SMILES string of the molecule is O=CN1C[C@@H]2Cc3cccc(=O)n3[C@@H](C2)C1. The molecule has 2 atom stereocenters. The van der Waals surface area contributed by atoms with Gasteiger partial charge in [-0.3, -0.25) is 9.59 Å². The van der Waals surface area contributed by atoms with Crippen LogP contribution in [0.4, 0.5) is 0 Å². The standard InChI is InChI=1S/C12H14N2O2/c15-8-13-6-9-4-10-2-1-3-12(16)14(10)11(5-9)7-13/h1-3,8-9,11H,4-7H2/t9-,11+/m1/s1. The van der Waals surface area contributed by atoms with E-state index in [1.165, 1.54) is 0 Å². The molecule has 2 bridgehead atoms. The van der Waals surface area contributed by atoms with E-state index in [9.17, 15) is 9.59 Å². The second-order valence-corrected chi connectivity index (χ2v) is 4.74. The van der Waals surface area contributed by atoms with E-state index in [-0.39, 0.29) is 11.6 Å². The number of aromatic nitrogens is 1. The van der Waals surface area contributed by atoms with Gasteiger partial charge in [-0.2, -0.15) is 0 Å². The first-order chi connectivity index (χ1) is 7.78. The van der Waals surface area contributed by atoms with E-state index in [4.69, 9.17) is 0 Å². The molecule has 1 saturated heterocycles. The number of amides is 1. The molecule has 4 heteroatoms. The predicted octanol–water partition coefficient (Wildman–Crippen LogP) is 0.424. The minimum Gasteiger partial charge on any atom is -0.343 e. The molecule has 1 amide bonds. The molecule has 16 heavy (non-hydrogen) atoms. The third-order valence-electron chi connectivity index (χ3n) is 3.63. The zero-order chi connectivity index (χ0) is 11.1. The lowest BCUT2D eigenvalue weighted by atomic mass is 9.86. The van der Waals surface area contributed by atoms with E-state index in [0.717, 1.165) is 31.5 Å². The zero-order valence-electron chi connectivity index (χ0n) is 9.00. The Morgan fingerprint density at radius 2 is 2.19 bits per heavy atom. The van der Waals surface area contributed by atoms with Gasteiger partial charge in [0, 0.05) is 24.8 Å². The quantitative estimate of drug-likeness (QED) is 0.641. The summed E-state index contributed by atoms with van der Waals surface area (Å²) in [4.78, 5) is 24.4. The molecule has 1 fully saturated rings. The molecule has 1 aromatic rings. The van der Waals surface area contributed by atoms with Crippen LogP contribution < -0.4 is 5.56 Å². The lowest BCUT2D eigenvalue weighted by Gasteiger charge is -2.41. The monoisotopic (exact) mass is 218 g/mol. The first-order valence-corrected chi connectivity index (χ1v) is 5.67. The van der Waals surface area contributed by atoms with Gasteiger partial charge in [0.1, 0.15) is 0 Å². The normalized spacial score (nSPS) is 27.4. The van der Waals surface area contributed by atoms with E-state index in [1.807, 2.05) is 16.7 Å². The molecule has 0 spiro atoms. The highest BCUT2D eigenvalue weighted by atomic mass is 16.1. The minimum absolute atomic E-state index is 0.0636. The topological polar surface area (TPSA) is 42.3 Å². The van der Waals surface area contributed by atoms with Crippen LogP contribution in [0.2, 0.25) is 0 Å². The van der Waals surface area contributed by atoms with Crippen LogP contribution in [0.5, 0.6) is 0 Å². The van der Waals surface area contributed by atoms with Crippen molar-refractivity contribution in [1.29, 1.82) is 0 Å². The first kappa shape index (κ1) is 9.63. The van der Waals surface area contributed by atoms with Crippen molar-refractivity contribution in [3.05, 3.63) is 34.2 Å². The third kappa shape index (κ3) is 1.37. The number of carbonyl (C=O) groups excluding carboxylic acids is 1. The molecule has 0 saturated carbocycles. The molecule has 3 heterocycles. The Kier molecular flexibility index (Phi) is 2.09. The van der Waals surface area contributed by atoms with Crippen LogP contribution in [0.3, 0.4) is 0 Å². The van der Waals surface area contributed by atoms with Crippen molar-refractivity contribution in [3.8, 4) is 0 Å². The molecule has 2 aliphatic heterocycles. The number of pyridine rings is 1. The van der Waals surface area contributed by atoms with Gasteiger partial charge >= 0.3 is 0 Å². The number of fused-ring (bicyclic) bond motifs is 4. The third-order valence-corrected chi connectivity index (χ3v) is 3.63. The van der Waals surface area contributed by atoms with Crippen molar-refractivity contribution >= 4 is 6.41 Å². The average molecular weight is 218 g/mol. The molecule has 84 valence electrons. The van der Waals surface area contributed by atoms with Gasteiger partial charge in [-0.1, -0.05) is 6.07 Å². The summed E-state index contributed by atoms with van der Waals surface area (Å²) < 4.78 is 1.87. The van der Waals surface area contributed by atoms with Crippen LogP contribution in [-0.4, -0.2) is 29.0 Å². The van der Waals surface area contributed by atoms with Crippen LogP contribution in [0.15, 0.2) is 23.0 Å². The van der Waals surface area contributed by atoms with E-state index >= 15 is 0 Å². The van der Waals surface area contributed by atoms with E-state index in [2.05, 4.69) is 0 Å². The molecule has 0 aromatic carbocycles. The van der Waals surface area contributed by atoms with Crippen molar-refractivity contribution in [3.63, 3.8) is 0 Å². The van der Waals surface area contributed by atoms with Gasteiger partial charge in [0.25, 0.3) is 5.56 Å². The minimum atomic E-state index is 0.0636. The van der Waals surface area contributed by atoms with Crippen LogP contribution in [0.25, 0.3) is 0 Å². The number of likely N-dealkylation sites (tertiary alicyclic amines) is 1. The van der Waals surface area contributed by atoms with Gasteiger partial charge in [0.15, 0.2) is 0 Å². The Labute approximate surface area is 93.5 Å². The van der Waals surface area contributed by atoms with Crippen LogP contribution in [0, 0.1) is 5.92 Å². The van der Waals surface area contributed by atoms with Crippen LogP contribution >= 0.6 is 0 Å². The van der Waals surface area contributed by atoms with Crippen LogP contribution in [-0.2, 0) is 11.2 Å². The molecule has 1 aromatic heterocycles. The number of hydrogen-bond donors (Lipinski definition) is 0. The Morgan fingerprint density at radius 1 is 1.31 bits per heavy atom. The Morgan fingerprint density at radius 3 is 3.00 bits per heavy atom. The summed E-state index contributed by atoms with van der Waals surface area (Å²) in [6.45, 7) is 1.51. The number of nitrogens with zero attached hydrogens (tertiary/aromatic N) is 2. The fourth-order valence-electron chi connectivity index (χ4n) is 3.05. The fourth-order valence-corrected chi connectivity index (χ4v) is 3.05. The number of rotatable bonds is 1. The van der Waals surface area contributed by atoms with E-state index in [1.54, 1.807) is 11.0 Å². The second-order valence-electron chi connectivity index (χ2n) is 4.74. The van der Waals surface area contributed by atoms with Gasteiger partial charge in [0.05, 0.1) is 6.04 Å². The highest BCUT2D eigenvalue weighted by Gasteiger charge is 2.33. The zero-order valence-corrected chi connectivity index (χ0v) is 9.00. The number of carbonyl (C=O) groups is 1. The Bertz CT molecular complexity index is 480. The van der Waals surface area contributed by atoms with Crippen molar-refractivity contribution in [2.75, 3.05) is 13.1 Å². The number of hydrogen-bond acceptors (Lipinski definition) is 2. The summed E-state index contributed by atoms with van der Waals surface area (Å²) in [6.07, 6.45) is 2.84. The molecular weight excluding hydrogens is 204 g/mol. The summed E-state index contributed by atoms with van der Waals surface area (Å²) in [7, 11) is 0. The molecule has 0 N–H and O–H groups in total. The summed E-state index contributed by atoms with van der Waals surface area (Å²) in [5.74, 6) is 0.519. The van der Waals surface area contributed by atoms with Crippen molar-refractivity contribution in [1.82, 2.24) is 9.47 Å². The molecule has 3 rings (SSSR count). The van der Waals surface area contributed by atoms with Crippen molar-refractivity contribution in [2.45, 2.75) is 18.9 Å². The Balaban J connectivity index is 2.06. The summed E-state index contributed by atoms with van der Waals surface area (Å²) in [6, 6.07) is 5.63. The lowest BCUT2D eigenvalue weighted by molar-refractivity contribution is -0.121. The van der Waals surface area contributed by atoms with Gasteiger partial charge in [0.2, 0.25) is 6.41 Å². The molecule has 0 unspecified atom stereocenters. The highest BCUT2D eigenvalue weighted by Crippen LogP contribution is 2.32. The molecular formula is C12H14N2O2. The van der Waals surface area contributed by atoms with Gasteiger partial charge in [-0.05, 0) is 24.8 Å². The predicted molar refractivity (Wildman–Crippen MR) is 59.2 cm³/mol. The summed E-state index contributed by atoms with van der Waals surface area (Å²) in [5, 5.41) is 0. The highest BCUT2D eigenvalue weighted by molar-refractivity contribution is 5.47. The summed E-state index contributed by atoms with van der Waals surface area (Å²) in [5.41, 5.74) is 1.19. The maximum Gasteiger partial charge on any atom is 0.251 e. The molecule has 0 aliphatic carbocycles. The maximum atomic E-state index is 11.8. The Hall–Kier alpha value is -1.58. The lowest BCUT2D eigenvalue weighted by Crippen LogP contribution is -2.47. The van der Waals surface area contributed by atoms with Gasteiger partial charge in [-0.15, -0.1) is 0 Å². The maximum absolute atomic E-state index is 11.8. The van der Waals surface area contributed by atoms with Gasteiger partial charge in [-0.25, -0.2) is 0 Å². The largest absolute Gasteiger partial charge is 0.343 e. The van der Waals surface area contributed by atoms with Crippen molar-refractivity contribution in [2.24, 2.45) is 5.92 Å². The first-order valence-electron chi connectivity index (χ1n) is 5.67. The van der Waals surface area contributed by atoms with Crippen LogP contribution in [0.1, 0.15) is 18.2 Å². The van der Waals surface area contributed by atoms with Gasteiger partial charge < -0.3 is 9.47 Å². The molecule has 4 nitrogen and oxygen atoms in total. The molecule has 2 aliphatic rings.